The quantitative estimate of drug-likeness (QED) is 0.841. The van der Waals surface area contributed by atoms with Gasteiger partial charge in [0.05, 0.1) is 37.5 Å². The molecule has 4 rings (SSSR count). The van der Waals surface area contributed by atoms with Gasteiger partial charge in [0, 0.05) is 44.8 Å². The van der Waals surface area contributed by atoms with Crippen molar-refractivity contribution in [3.63, 3.8) is 0 Å². The maximum Gasteiger partial charge on any atom is 0.256 e. The van der Waals surface area contributed by atoms with Crippen LogP contribution in [0, 0.1) is 0 Å². The number of rotatable bonds is 4. The second kappa shape index (κ2) is 8.64. The second-order valence-corrected chi connectivity index (χ2v) is 7.02. The first-order valence-corrected chi connectivity index (χ1v) is 9.56. The van der Waals surface area contributed by atoms with Gasteiger partial charge in [0.15, 0.2) is 0 Å². The Morgan fingerprint density at radius 2 is 2.00 bits per heavy atom. The van der Waals surface area contributed by atoms with Crippen LogP contribution in [-0.4, -0.2) is 77.8 Å². The zero-order valence-corrected chi connectivity index (χ0v) is 15.7. The number of nitrogens with zero attached hydrogens (tertiary/aromatic N) is 4. The number of ether oxygens (including phenoxy) is 2. The number of hydrogen-bond donors (Lipinski definition) is 1. The summed E-state index contributed by atoms with van der Waals surface area (Å²) in [5, 5.41) is 0. The molecule has 2 atom stereocenters. The van der Waals surface area contributed by atoms with E-state index in [0.29, 0.717) is 24.5 Å². The Labute approximate surface area is 164 Å². The third kappa shape index (κ3) is 4.14. The molecule has 2 aromatic rings. The molecule has 2 aromatic heterocycles. The molecule has 2 fully saturated rings. The maximum absolute atomic E-state index is 13.3. The van der Waals surface area contributed by atoms with Gasteiger partial charge >= 0.3 is 0 Å². The van der Waals surface area contributed by atoms with Crippen molar-refractivity contribution < 1.29 is 14.3 Å². The molecule has 2 aliphatic rings. The highest BCUT2D eigenvalue weighted by molar-refractivity contribution is 5.94. The maximum atomic E-state index is 13.3. The molecule has 0 radical (unpaired) electrons. The smallest absolute Gasteiger partial charge is 0.256 e. The van der Waals surface area contributed by atoms with E-state index >= 15 is 0 Å². The third-order valence-electron chi connectivity index (χ3n) is 5.21. The molecule has 8 heteroatoms. The monoisotopic (exact) mass is 383 g/mol. The molecular formula is C20H25N5O3. The average molecular weight is 383 g/mol. The summed E-state index contributed by atoms with van der Waals surface area (Å²) in [5.74, 6) is 0.323. The van der Waals surface area contributed by atoms with Crippen molar-refractivity contribution in [3.05, 3.63) is 54.0 Å². The lowest BCUT2D eigenvalue weighted by Gasteiger charge is -2.43. The number of carbonyl (C=O) groups is 1. The largest absolute Gasteiger partial charge is 0.384 e. The molecular weight excluding hydrogens is 358 g/mol. The van der Waals surface area contributed by atoms with Crippen LogP contribution in [0.4, 0.5) is 5.82 Å². The van der Waals surface area contributed by atoms with E-state index in [2.05, 4.69) is 14.9 Å². The second-order valence-electron chi connectivity index (χ2n) is 7.02. The summed E-state index contributed by atoms with van der Waals surface area (Å²) in [6, 6.07) is 7.05. The van der Waals surface area contributed by atoms with E-state index < -0.39 is 0 Å². The van der Waals surface area contributed by atoms with Crippen LogP contribution in [0.2, 0.25) is 0 Å². The lowest BCUT2D eigenvalue weighted by Crippen LogP contribution is -2.53. The summed E-state index contributed by atoms with van der Waals surface area (Å²) in [5.41, 5.74) is 7.16. The number of amides is 1. The fraction of sp³-hybridized carbons (Fsp3) is 0.450. The first-order chi connectivity index (χ1) is 13.7. The Morgan fingerprint density at radius 3 is 2.71 bits per heavy atom. The zero-order chi connectivity index (χ0) is 19.3. The Bertz CT molecular complexity index is 780. The predicted octanol–water partition coefficient (Wildman–Crippen LogP) is 0.973. The molecule has 0 spiro atoms. The number of pyridine rings is 2. The number of nitrogens with two attached hydrogens (primary N) is 1. The summed E-state index contributed by atoms with van der Waals surface area (Å²) in [6.07, 6.45) is 4.94. The third-order valence-corrected chi connectivity index (χ3v) is 5.21. The number of aromatic nitrogens is 2. The minimum Gasteiger partial charge on any atom is -0.384 e. The summed E-state index contributed by atoms with van der Waals surface area (Å²) < 4.78 is 11.6. The van der Waals surface area contributed by atoms with Crippen LogP contribution in [0.5, 0.6) is 0 Å². The topological polar surface area (TPSA) is 93.8 Å². The van der Waals surface area contributed by atoms with Crippen molar-refractivity contribution in [1.82, 2.24) is 19.8 Å². The van der Waals surface area contributed by atoms with Crippen LogP contribution >= 0.6 is 0 Å². The van der Waals surface area contributed by atoms with Crippen molar-refractivity contribution in [2.24, 2.45) is 0 Å². The van der Waals surface area contributed by atoms with Gasteiger partial charge in [-0.15, -0.1) is 0 Å². The Kier molecular flexibility index (Phi) is 5.80. The van der Waals surface area contributed by atoms with E-state index in [1.54, 1.807) is 18.3 Å². The summed E-state index contributed by atoms with van der Waals surface area (Å²) >= 11 is 0. The van der Waals surface area contributed by atoms with E-state index in [0.717, 1.165) is 38.4 Å². The number of hydrogen-bond acceptors (Lipinski definition) is 7. The molecule has 0 unspecified atom stereocenters. The van der Waals surface area contributed by atoms with Crippen LogP contribution in [0.3, 0.4) is 0 Å². The first kappa shape index (κ1) is 18.8. The summed E-state index contributed by atoms with van der Waals surface area (Å²) in [6.45, 7) is 4.95. The molecule has 0 aliphatic carbocycles. The molecule has 2 aliphatic heterocycles. The number of anilines is 1. The fourth-order valence-corrected chi connectivity index (χ4v) is 3.80. The molecule has 0 aromatic carbocycles. The molecule has 4 heterocycles. The van der Waals surface area contributed by atoms with Gasteiger partial charge < -0.3 is 20.1 Å². The fourth-order valence-electron chi connectivity index (χ4n) is 3.80. The van der Waals surface area contributed by atoms with Gasteiger partial charge in [0.1, 0.15) is 5.82 Å². The molecule has 2 saturated heterocycles. The van der Waals surface area contributed by atoms with Crippen LogP contribution in [0.1, 0.15) is 22.0 Å². The van der Waals surface area contributed by atoms with Gasteiger partial charge in [0.25, 0.3) is 5.91 Å². The lowest BCUT2D eigenvalue weighted by molar-refractivity contribution is -0.0819. The van der Waals surface area contributed by atoms with Crippen molar-refractivity contribution in [2.45, 2.75) is 12.1 Å². The van der Waals surface area contributed by atoms with E-state index in [4.69, 9.17) is 15.2 Å². The van der Waals surface area contributed by atoms with Gasteiger partial charge in [-0.25, -0.2) is 4.98 Å². The SMILES string of the molecule is Nc1ccc(C(=O)N2CCO[C@@H](CN3CCOCC3)[C@@H]2c2cccnc2)cn1. The Balaban J connectivity index is 1.61. The van der Waals surface area contributed by atoms with Crippen LogP contribution in [0.25, 0.3) is 0 Å². The average Bonchev–Trinajstić information content (AvgIpc) is 2.75. The normalized spacial score (nSPS) is 23.5. The molecule has 148 valence electrons. The number of morpholine rings is 2. The highest BCUT2D eigenvalue weighted by Gasteiger charge is 2.38. The van der Waals surface area contributed by atoms with E-state index in [1.807, 2.05) is 23.2 Å². The Hall–Kier alpha value is -2.55. The standard InChI is InChI=1S/C20H25N5O3/c21-18-4-3-16(13-23-18)20(26)25-8-11-28-17(14-24-6-9-27-10-7-24)19(25)15-2-1-5-22-12-15/h1-5,12-13,17,19H,6-11,14H2,(H2,21,23)/t17-,19-/m0/s1. The molecule has 8 nitrogen and oxygen atoms in total. The number of carbonyl (C=O) groups excluding carboxylic acids is 1. The highest BCUT2D eigenvalue weighted by Crippen LogP contribution is 2.31. The minimum atomic E-state index is -0.213. The summed E-state index contributed by atoms with van der Waals surface area (Å²) in [4.78, 5) is 25.8. The van der Waals surface area contributed by atoms with Gasteiger partial charge in [-0.2, -0.15) is 0 Å². The molecule has 28 heavy (non-hydrogen) atoms. The Morgan fingerprint density at radius 1 is 1.14 bits per heavy atom. The number of nitrogen functional groups attached to an aromatic ring is 1. The van der Waals surface area contributed by atoms with Crippen LogP contribution in [-0.2, 0) is 9.47 Å². The molecule has 0 bridgehead atoms. The van der Waals surface area contributed by atoms with Gasteiger partial charge in [-0.1, -0.05) is 6.07 Å². The zero-order valence-electron chi connectivity index (χ0n) is 15.7. The summed E-state index contributed by atoms with van der Waals surface area (Å²) in [7, 11) is 0. The van der Waals surface area contributed by atoms with Gasteiger partial charge in [0.2, 0.25) is 0 Å². The van der Waals surface area contributed by atoms with Crippen molar-refractivity contribution in [3.8, 4) is 0 Å². The minimum absolute atomic E-state index is 0.0726. The lowest BCUT2D eigenvalue weighted by atomic mass is 9.98. The molecule has 1 amide bonds. The highest BCUT2D eigenvalue weighted by atomic mass is 16.5. The van der Waals surface area contributed by atoms with Gasteiger partial charge in [-0.05, 0) is 23.8 Å². The van der Waals surface area contributed by atoms with E-state index in [1.165, 1.54) is 6.20 Å². The van der Waals surface area contributed by atoms with Crippen molar-refractivity contribution in [2.75, 3.05) is 51.7 Å². The van der Waals surface area contributed by atoms with Crippen LogP contribution < -0.4 is 5.73 Å². The van der Waals surface area contributed by atoms with Crippen LogP contribution in [0.15, 0.2) is 42.9 Å². The molecule has 0 saturated carbocycles. The first-order valence-electron chi connectivity index (χ1n) is 9.56. The van der Waals surface area contributed by atoms with Gasteiger partial charge in [-0.3, -0.25) is 14.7 Å². The molecule has 2 N–H and O–H groups in total. The predicted molar refractivity (Wildman–Crippen MR) is 104 cm³/mol. The van der Waals surface area contributed by atoms with Crippen molar-refractivity contribution in [1.29, 1.82) is 0 Å². The van der Waals surface area contributed by atoms with E-state index in [9.17, 15) is 4.79 Å². The van der Waals surface area contributed by atoms with E-state index in [-0.39, 0.29) is 18.1 Å². The van der Waals surface area contributed by atoms with Crippen molar-refractivity contribution >= 4 is 11.7 Å².